The van der Waals surface area contributed by atoms with Crippen LogP contribution in [-0.4, -0.2) is 25.2 Å². The third kappa shape index (κ3) is 7.31. The number of aryl methyl sites for hydroxylation is 1. The molecule has 0 radical (unpaired) electrons. The number of carbonyl (C=O) groups is 2. The summed E-state index contributed by atoms with van der Waals surface area (Å²) < 4.78 is 5.01. The van der Waals surface area contributed by atoms with Crippen LogP contribution in [-0.2, 0) is 16.0 Å². The Kier molecular flexibility index (Phi) is 6.74. The number of ether oxygens (including phenoxy) is 1. The van der Waals surface area contributed by atoms with Crippen molar-refractivity contribution < 1.29 is 14.3 Å². The molecule has 19 heavy (non-hydrogen) atoms. The molecule has 1 rings (SSSR count). The number of primary amides is 1. The van der Waals surface area contributed by atoms with Gasteiger partial charge in [0.2, 0.25) is 0 Å². The quantitative estimate of drug-likeness (QED) is 0.592. The van der Waals surface area contributed by atoms with Crippen LogP contribution in [0.3, 0.4) is 0 Å². The average molecular weight is 285 g/mol. The standard InChI is InChI=1S/C13H17ClN2O3/c14-11-5-2-10(3-6-11)4-7-12(17)19-9-1-8-16-13(15)18/h2-3,5-6H,1,4,7-9H2,(H3,15,16,18). The summed E-state index contributed by atoms with van der Waals surface area (Å²) in [6, 6.07) is 6.77. The van der Waals surface area contributed by atoms with E-state index in [2.05, 4.69) is 5.32 Å². The van der Waals surface area contributed by atoms with Gasteiger partial charge in [-0.25, -0.2) is 4.79 Å². The molecule has 5 nitrogen and oxygen atoms in total. The predicted octanol–water partition coefficient (Wildman–Crippen LogP) is 1.87. The third-order valence-corrected chi connectivity index (χ3v) is 2.67. The Bertz CT molecular complexity index is 420. The summed E-state index contributed by atoms with van der Waals surface area (Å²) in [6.07, 6.45) is 1.50. The zero-order valence-electron chi connectivity index (χ0n) is 10.5. The van der Waals surface area contributed by atoms with E-state index in [1.54, 1.807) is 12.1 Å². The zero-order chi connectivity index (χ0) is 14.1. The van der Waals surface area contributed by atoms with Crippen LogP contribution < -0.4 is 11.1 Å². The first-order valence-electron chi connectivity index (χ1n) is 6.01. The highest BCUT2D eigenvalue weighted by atomic mass is 35.5. The van der Waals surface area contributed by atoms with E-state index in [1.165, 1.54) is 0 Å². The summed E-state index contributed by atoms with van der Waals surface area (Å²) in [7, 11) is 0. The maximum absolute atomic E-state index is 11.4. The molecular formula is C13H17ClN2O3. The van der Waals surface area contributed by atoms with Crippen LogP contribution in [0.4, 0.5) is 4.79 Å². The van der Waals surface area contributed by atoms with Gasteiger partial charge >= 0.3 is 12.0 Å². The van der Waals surface area contributed by atoms with Crippen LogP contribution in [0.5, 0.6) is 0 Å². The number of urea groups is 1. The van der Waals surface area contributed by atoms with Crippen molar-refractivity contribution in [1.82, 2.24) is 5.32 Å². The second-order valence-corrected chi connectivity index (χ2v) is 4.43. The topological polar surface area (TPSA) is 81.4 Å². The second kappa shape index (κ2) is 8.37. The molecule has 0 saturated heterocycles. The molecule has 0 saturated carbocycles. The monoisotopic (exact) mass is 284 g/mol. The highest BCUT2D eigenvalue weighted by molar-refractivity contribution is 6.30. The number of hydrogen-bond acceptors (Lipinski definition) is 3. The van der Waals surface area contributed by atoms with Crippen LogP contribution in [0.25, 0.3) is 0 Å². The average Bonchev–Trinajstić information content (AvgIpc) is 2.37. The van der Waals surface area contributed by atoms with E-state index < -0.39 is 6.03 Å². The van der Waals surface area contributed by atoms with Gasteiger partial charge in [-0.1, -0.05) is 23.7 Å². The fraction of sp³-hybridized carbons (Fsp3) is 0.385. The maximum atomic E-state index is 11.4. The molecule has 0 spiro atoms. The highest BCUT2D eigenvalue weighted by Crippen LogP contribution is 2.11. The number of carbonyl (C=O) groups excluding carboxylic acids is 2. The van der Waals surface area contributed by atoms with Gasteiger partial charge < -0.3 is 15.8 Å². The lowest BCUT2D eigenvalue weighted by atomic mass is 10.1. The number of rotatable bonds is 7. The SMILES string of the molecule is NC(=O)NCCCOC(=O)CCc1ccc(Cl)cc1. The van der Waals surface area contributed by atoms with E-state index in [4.69, 9.17) is 22.1 Å². The Morgan fingerprint density at radius 1 is 1.26 bits per heavy atom. The minimum Gasteiger partial charge on any atom is -0.466 e. The van der Waals surface area contributed by atoms with Gasteiger partial charge in [0.25, 0.3) is 0 Å². The Labute approximate surface area is 117 Å². The second-order valence-electron chi connectivity index (χ2n) is 3.99. The van der Waals surface area contributed by atoms with Crippen molar-refractivity contribution in [3.63, 3.8) is 0 Å². The van der Waals surface area contributed by atoms with Crippen molar-refractivity contribution in [2.75, 3.05) is 13.2 Å². The van der Waals surface area contributed by atoms with E-state index >= 15 is 0 Å². The molecule has 2 amide bonds. The fourth-order valence-corrected chi connectivity index (χ4v) is 1.57. The lowest BCUT2D eigenvalue weighted by molar-refractivity contribution is -0.143. The van der Waals surface area contributed by atoms with Crippen molar-refractivity contribution in [1.29, 1.82) is 0 Å². The number of amides is 2. The molecule has 0 aliphatic carbocycles. The molecule has 1 aromatic carbocycles. The third-order valence-electron chi connectivity index (χ3n) is 2.41. The minimum atomic E-state index is -0.575. The lowest BCUT2D eigenvalue weighted by Gasteiger charge is -2.05. The largest absolute Gasteiger partial charge is 0.466 e. The molecule has 6 heteroatoms. The van der Waals surface area contributed by atoms with Gasteiger partial charge in [-0.3, -0.25) is 4.79 Å². The van der Waals surface area contributed by atoms with E-state index in [1.807, 2.05) is 12.1 Å². The predicted molar refractivity (Wildman–Crippen MR) is 72.9 cm³/mol. The highest BCUT2D eigenvalue weighted by Gasteiger charge is 2.03. The lowest BCUT2D eigenvalue weighted by Crippen LogP contribution is -2.30. The normalized spacial score (nSPS) is 9.95. The molecular weight excluding hydrogens is 268 g/mol. The maximum Gasteiger partial charge on any atom is 0.312 e. The number of nitrogens with one attached hydrogen (secondary N) is 1. The first-order chi connectivity index (χ1) is 9.08. The molecule has 0 aliphatic rings. The van der Waals surface area contributed by atoms with Crippen LogP contribution in [0.1, 0.15) is 18.4 Å². The smallest absolute Gasteiger partial charge is 0.312 e. The molecule has 0 aliphatic heterocycles. The summed E-state index contributed by atoms with van der Waals surface area (Å²) in [5, 5.41) is 3.09. The van der Waals surface area contributed by atoms with E-state index in [9.17, 15) is 9.59 Å². The van der Waals surface area contributed by atoms with Gasteiger partial charge in [-0.15, -0.1) is 0 Å². The molecule has 0 bridgehead atoms. The molecule has 0 unspecified atom stereocenters. The number of hydrogen-bond donors (Lipinski definition) is 2. The van der Waals surface area contributed by atoms with Gasteiger partial charge in [-0.2, -0.15) is 0 Å². The summed E-state index contributed by atoms with van der Waals surface area (Å²) in [5.41, 5.74) is 5.93. The number of halogens is 1. The first-order valence-corrected chi connectivity index (χ1v) is 6.39. The van der Waals surface area contributed by atoms with Crippen molar-refractivity contribution in [3.05, 3.63) is 34.9 Å². The molecule has 0 fully saturated rings. The van der Waals surface area contributed by atoms with E-state index in [0.29, 0.717) is 30.8 Å². The molecule has 0 atom stereocenters. The van der Waals surface area contributed by atoms with Crippen molar-refractivity contribution >= 4 is 23.6 Å². The first kappa shape index (κ1) is 15.3. The molecule has 0 heterocycles. The van der Waals surface area contributed by atoms with Gasteiger partial charge in [0, 0.05) is 18.0 Å². The van der Waals surface area contributed by atoms with Crippen molar-refractivity contribution in [3.8, 4) is 0 Å². The summed E-state index contributed by atoms with van der Waals surface area (Å²) in [6.45, 7) is 0.680. The van der Waals surface area contributed by atoms with Crippen LogP contribution in [0.2, 0.25) is 5.02 Å². The van der Waals surface area contributed by atoms with Crippen LogP contribution >= 0.6 is 11.6 Å². The Balaban J connectivity index is 2.11. The summed E-state index contributed by atoms with van der Waals surface area (Å²) >= 11 is 5.76. The zero-order valence-corrected chi connectivity index (χ0v) is 11.3. The summed E-state index contributed by atoms with van der Waals surface area (Å²) in [5.74, 6) is -0.256. The fourth-order valence-electron chi connectivity index (χ4n) is 1.44. The Morgan fingerprint density at radius 3 is 2.58 bits per heavy atom. The number of esters is 1. The van der Waals surface area contributed by atoms with Crippen molar-refractivity contribution in [2.24, 2.45) is 5.73 Å². The molecule has 1 aromatic rings. The number of benzene rings is 1. The minimum absolute atomic E-state index is 0.256. The van der Waals surface area contributed by atoms with Gasteiger partial charge in [0.1, 0.15) is 0 Å². The Morgan fingerprint density at radius 2 is 1.95 bits per heavy atom. The van der Waals surface area contributed by atoms with E-state index in [-0.39, 0.29) is 12.6 Å². The molecule has 104 valence electrons. The van der Waals surface area contributed by atoms with E-state index in [0.717, 1.165) is 5.56 Å². The van der Waals surface area contributed by atoms with Crippen LogP contribution in [0.15, 0.2) is 24.3 Å². The van der Waals surface area contributed by atoms with Crippen LogP contribution in [0, 0.1) is 0 Å². The van der Waals surface area contributed by atoms with Gasteiger partial charge in [0.15, 0.2) is 0 Å². The molecule has 0 aromatic heterocycles. The van der Waals surface area contributed by atoms with Gasteiger partial charge in [-0.05, 0) is 30.5 Å². The Hall–Kier alpha value is -1.75. The number of nitrogens with two attached hydrogens (primary N) is 1. The summed E-state index contributed by atoms with van der Waals surface area (Å²) in [4.78, 5) is 21.8. The van der Waals surface area contributed by atoms with Crippen molar-refractivity contribution in [2.45, 2.75) is 19.3 Å². The molecule has 3 N–H and O–H groups in total. The van der Waals surface area contributed by atoms with Gasteiger partial charge in [0.05, 0.1) is 6.61 Å².